The van der Waals surface area contributed by atoms with Gasteiger partial charge in [-0.3, -0.25) is 4.79 Å². The van der Waals surface area contributed by atoms with Crippen molar-refractivity contribution in [2.75, 3.05) is 5.32 Å². The Morgan fingerprint density at radius 3 is 2.32 bits per heavy atom. The number of carboxylic acid groups (broad SMARTS) is 1. The number of nitrogens with one attached hydrogen (secondary N) is 1. The Kier molecular flexibility index (Phi) is 6.41. The molecule has 0 bridgehead atoms. The molecule has 0 fully saturated rings. The lowest BCUT2D eigenvalue weighted by Crippen LogP contribution is -2.30. The van der Waals surface area contributed by atoms with Crippen LogP contribution < -0.4 is 10.1 Å². The second-order valence-electron chi connectivity index (χ2n) is 4.94. The van der Waals surface area contributed by atoms with Crippen LogP contribution in [0, 0.1) is 0 Å². The van der Waals surface area contributed by atoms with E-state index in [9.17, 15) is 9.59 Å². The van der Waals surface area contributed by atoms with Crippen LogP contribution in [-0.4, -0.2) is 23.1 Å². The summed E-state index contributed by atoms with van der Waals surface area (Å²) in [5, 5.41) is 12.3. The highest BCUT2D eigenvalue weighted by Gasteiger charge is 2.19. The van der Waals surface area contributed by atoms with Gasteiger partial charge in [0.25, 0.3) is 5.91 Å². The zero-order valence-electron chi connectivity index (χ0n) is 12.6. The van der Waals surface area contributed by atoms with Crippen LogP contribution in [-0.2, 0) is 4.79 Å². The highest BCUT2D eigenvalue weighted by molar-refractivity contribution is 6.38. The van der Waals surface area contributed by atoms with E-state index in [0.29, 0.717) is 5.02 Å². The predicted octanol–water partition coefficient (Wildman–Crippen LogP) is 5.40. The van der Waals surface area contributed by atoms with E-state index in [2.05, 4.69) is 5.32 Å². The fourth-order valence-electron chi connectivity index (χ4n) is 1.86. The van der Waals surface area contributed by atoms with Crippen molar-refractivity contribution in [3.63, 3.8) is 0 Å². The van der Waals surface area contributed by atoms with E-state index < -0.39 is 18.0 Å². The highest BCUT2D eigenvalue weighted by atomic mass is 35.5. The number of amides is 1. The zero-order chi connectivity index (χ0) is 18.7. The van der Waals surface area contributed by atoms with E-state index in [1.807, 2.05) is 0 Å². The first-order valence-electron chi connectivity index (χ1n) is 6.84. The summed E-state index contributed by atoms with van der Waals surface area (Å²) in [6.45, 7) is 1.50. The van der Waals surface area contributed by atoms with Gasteiger partial charge < -0.3 is 15.2 Å². The van der Waals surface area contributed by atoms with Gasteiger partial charge in [0, 0.05) is 5.02 Å². The first-order chi connectivity index (χ1) is 11.7. The third-order valence-corrected chi connectivity index (χ3v) is 4.27. The second kappa shape index (κ2) is 8.15. The summed E-state index contributed by atoms with van der Waals surface area (Å²) in [4.78, 5) is 23.4. The molecule has 0 spiro atoms. The fourth-order valence-corrected chi connectivity index (χ4v) is 2.82. The molecule has 132 valence electrons. The molecule has 9 heteroatoms. The maximum absolute atomic E-state index is 12.3. The van der Waals surface area contributed by atoms with Crippen molar-refractivity contribution >= 4 is 64.0 Å². The highest BCUT2D eigenvalue weighted by Crippen LogP contribution is 2.31. The Balaban J connectivity index is 2.16. The summed E-state index contributed by atoms with van der Waals surface area (Å²) >= 11 is 23.6. The first-order valence-corrected chi connectivity index (χ1v) is 8.35. The molecule has 0 heterocycles. The van der Waals surface area contributed by atoms with Gasteiger partial charge in [-0.2, -0.15) is 0 Å². The largest absolute Gasteiger partial charge is 0.479 e. The molecular weight excluding hydrogens is 412 g/mol. The Bertz CT molecular complexity index is 841. The van der Waals surface area contributed by atoms with Gasteiger partial charge in [-0.25, -0.2) is 4.79 Å². The molecule has 0 aliphatic heterocycles. The molecule has 0 unspecified atom stereocenters. The van der Waals surface area contributed by atoms with Gasteiger partial charge in [-0.05, 0) is 37.3 Å². The first kappa shape index (κ1) is 19.7. The quantitative estimate of drug-likeness (QED) is 0.675. The molecule has 0 saturated carbocycles. The third-order valence-electron chi connectivity index (χ3n) is 3.11. The Morgan fingerprint density at radius 1 is 1.04 bits per heavy atom. The maximum atomic E-state index is 12.3. The van der Waals surface area contributed by atoms with E-state index in [1.54, 1.807) is 6.07 Å². The summed E-state index contributed by atoms with van der Waals surface area (Å²) in [5.41, 5.74) is -0.0817. The van der Waals surface area contributed by atoms with Crippen molar-refractivity contribution in [2.24, 2.45) is 0 Å². The average Bonchev–Trinajstić information content (AvgIpc) is 2.52. The minimum atomic E-state index is -1.24. The van der Waals surface area contributed by atoms with Crippen LogP contribution >= 0.6 is 46.4 Å². The lowest BCUT2D eigenvalue weighted by molar-refractivity contribution is -0.122. The Hall–Kier alpha value is -1.66. The summed E-state index contributed by atoms with van der Waals surface area (Å²) < 4.78 is 5.49. The number of carboxylic acids is 1. The van der Waals surface area contributed by atoms with Crippen LogP contribution in [0.25, 0.3) is 0 Å². The van der Waals surface area contributed by atoms with Gasteiger partial charge in [0.1, 0.15) is 5.75 Å². The molecule has 2 aromatic carbocycles. The van der Waals surface area contributed by atoms with Crippen molar-refractivity contribution in [3.8, 4) is 5.75 Å². The molecule has 2 rings (SSSR count). The molecule has 1 atom stereocenters. The van der Waals surface area contributed by atoms with E-state index >= 15 is 0 Å². The van der Waals surface area contributed by atoms with Crippen molar-refractivity contribution < 1.29 is 19.4 Å². The minimum absolute atomic E-state index is 0.0345. The second-order valence-corrected chi connectivity index (χ2v) is 6.60. The van der Waals surface area contributed by atoms with Crippen molar-refractivity contribution in [1.29, 1.82) is 0 Å². The van der Waals surface area contributed by atoms with Crippen molar-refractivity contribution in [2.45, 2.75) is 13.0 Å². The van der Waals surface area contributed by atoms with Gasteiger partial charge in [-0.15, -0.1) is 0 Å². The molecule has 2 aromatic rings. The van der Waals surface area contributed by atoms with E-state index in [4.69, 9.17) is 56.2 Å². The molecular formula is C16H11Cl4NO4. The van der Waals surface area contributed by atoms with Crippen LogP contribution in [0.1, 0.15) is 17.3 Å². The van der Waals surface area contributed by atoms with E-state index in [1.165, 1.54) is 31.2 Å². The molecule has 0 aromatic heterocycles. The molecule has 0 aliphatic rings. The molecule has 0 radical (unpaired) electrons. The summed E-state index contributed by atoms with van der Waals surface area (Å²) in [7, 11) is 0. The monoisotopic (exact) mass is 421 g/mol. The molecule has 2 N–H and O–H groups in total. The number of carbonyl (C=O) groups excluding carboxylic acids is 1. The number of halogens is 4. The average molecular weight is 423 g/mol. The summed E-state index contributed by atoms with van der Waals surface area (Å²) in [6.07, 6.45) is -0.932. The van der Waals surface area contributed by atoms with Crippen LogP contribution in [0.2, 0.25) is 20.1 Å². The number of rotatable bonds is 5. The standard InChI is InChI=1S/C16H11Cl4NO4/c1-7(25-14-3-2-8(17)4-12(14)20)15(22)21-13-5-9(16(23)24)10(18)6-11(13)19/h2-7H,1H3,(H,21,22)(H,23,24)/t7-/m1/s1. The fraction of sp³-hybridized carbons (Fsp3) is 0.125. The molecule has 0 aliphatic carbocycles. The molecule has 25 heavy (non-hydrogen) atoms. The lowest BCUT2D eigenvalue weighted by atomic mass is 10.2. The topological polar surface area (TPSA) is 75.6 Å². The summed E-state index contributed by atoms with van der Waals surface area (Å²) in [6, 6.07) is 7.00. The Morgan fingerprint density at radius 2 is 1.72 bits per heavy atom. The van der Waals surface area contributed by atoms with Crippen LogP contribution in [0.5, 0.6) is 5.75 Å². The SMILES string of the molecule is C[C@@H](Oc1ccc(Cl)cc1Cl)C(=O)Nc1cc(C(=O)O)c(Cl)cc1Cl. The molecule has 0 saturated heterocycles. The van der Waals surface area contributed by atoms with Crippen LogP contribution in [0.4, 0.5) is 5.69 Å². The number of hydrogen-bond acceptors (Lipinski definition) is 3. The van der Waals surface area contributed by atoms with Crippen LogP contribution in [0.3, 0.4) is 0 Å². The van der Waals surface area contributed by atoms with Gasteiger partial charge >= 0.3 is 5.97 Å². The van der Waals surface area contributed by atoms with Crippen LogP contribution in [0.15, 0.2) is 30.3 Å². The third kappa shape index (κ3) is 4.92. The van der Waals surface area contributed by atoms with Gasteiger partial charge in [-0.1, -0.05) is 46.4 Å². The lowest BCUT2D eigenvalue weighted by Gasteiger charge is -2.16. The smallest absolute Gasteiger partial charge is 0.337 e. The number of hydrogen-bond donors (Lipinski definition) is 2. The number of benzene rings is 2. The Labute approximate surface area is 163 Å². The van der Waals surface area contributed by atoms with E-state index in [0.717, 1.165) is 0 Å². The minimum Gasteiger partial charge on any atom is -0.479 e. The van der Waals surface area contributed by atoms with Gasteiger partial charge in [0.15, 0.2) is 6.10 Å². The number of anilines is 1. The van der Waals surface area contributed by atoms with Crippen molar-refractivity contribution in [1.82, 2.24) is 0 Å². The predicted molar refractivity (Wildman–Crippen MR) is 98.6 cm³/mol. The number of ether oxygens (including phenoxy) is 1. The molecule has 5 nitrogen and oxygen atoms in total. The van der Waals surface area contributed by atoms with Gasteiger partial charge in [0.05, 0.1) is 26.3 Å². The normalized spacial score (nSPS) is 11.7. The van der Waals surface area contributed by atoms with Crippen molar-refractivity contribution in [3.05, 3.63) is 56.0 Å². The number of aromatic carboxylic acids is 1. The number of carbonyl (C=O) groups is 2. The summed E-state index contributed by atoms with van der Waals surface area (Å²) in [5.74, 6) is -1.51. The van der Waals surface area contributed by atoms with Gasteiger partial charge in [0.2, 0.25) is 0 Å². The molecule has 1 amide bonds. The zero-order valence-corrected chi connectivity index (χ0v) is 15.7. The van der Waals surface area contributed by atoms with E-state index in [-0.39, 0.29) is 32.1 Å². The maximum Gasteiger partial charge on any atom is 0.337 e.